The second-order valence-electron chi connectivity index (χ2n) is 6.83. The molecule has 0 aliphatic heterocycles. The predicted molar refractivity (Wildman–Crippen MR) is 115 cm³/mol. The molecule has 0 saturated carbocycles. The first kappa shape index (κ1) is 21.7. The van der Waals surface area contributed by atoms with Crippen molar-refractivity contribution in [1.82, 2.24) is 9.29 Å². The molecule has 0 spiro atoms. The molecule has 3 aromatic rings. The Balaban J connectivity index is 1.88. The molecule has 1 aromatic heterocycles. The van der Waals surface area contributed by atoms with E-state index in [1.807, 2.05) is 6.92 Å². The van der Waals surface area contributed by atoms with Crippen LogP contribution in [0.3, 0.4) is 0 Å². The van der Waals surface area contributed by atoms with Gasteiger partial charge in [0.25, 0.3) is 0 Å². The molecule has 0 fully saturated rings. The first-order valence-electron chi connectivity index (χ1n) is 8.98. The molecule has 29 heavy (non-hydrogen) atoms. The lowest BCUT2D eigenvalue weighted by Gasteiger charge is -2.15. The number of hydrogen-bond donors (Lipinski definition) is 1. The molecule has 7 nitrogen and oxygen atoms in total. The van der Waals surface area contributed by atoms with Crippen molar-refractivity contribution in [2.45, 2.75) is 42.6 Å². The number of sulfone groups is 1. The zero-order valence-electron chi connectivity index (χ0n) is 16.2. The Morgan fingerprint density at radius 3 is 2.24 bits per heavy atom. The summed E-state index contributed by atoms with van der Waals surface area (Å²) in [5.41, 5.74) is 1.37. The summed E-state index contributed by atoms with van der Waals surface area (Å²) in [5.74, 6) is 0. The molecular formula is C19H22N2O5S3. The second kappa shape index (κ2) is 8.02. The van der Waals surface area contributed by atoms with Crippen molar-refractivity contribution in [3.63, 3.8) is 0 Å². The van der Waals surface area contributed by atoms with Gasteiger partial charge in [0, 0.05) is 18.8 Å². The number of nitrogens with one attached hydrogen (secondary N) is 1. The minimum absolute atomic E-state index is 0.0782. The zero-order valence-corrected chi connectivity index (χ0v) is 18.7. The van der Waals surface area contributed by atoms with Gasteiger partial charge < -0.3 is 0 Å². The lowest BCUT2D eigenvalue weighted by molar-refractivity contribution is 0.566. The van der Waals surface area contributed by atoms with Gasteiger partial charge in [-0.05, 0) is 49.2 Å². The summed E-state index contributed by atoms with van der Waals surface area (Å²) in [5, 5.41) is 0. The van der Waals surface area contributed by atoms with Crippen LogP contribution in [0.25, 0.3) is 10.2 Å². The molecule has 0 amide bonds. The van der Waals surface area contributed by atoms with Crippen molar-refractivity contribution < 1.29 is 16.8 Å². The molecule has 0 aliphatic rings. The van der Waals surface area contributed by atoms with Crippen molar-refractivity contribution in [2.24, 2.45) is 0 Å². The van der Waals surface area contributed by atoms with Crippen LogP contribution in [0.15, 0.2) is 57.1 Å². The van der Waals surface area contributed by atoms with Crippen LogP contribution in [0.5, 0.6) is 0 Å². The van der Waals surface area contributed by atoms with E-state index in [1.165, 1.54) is 24.3 Å². The first-order chi connectivity index (χ1) is 13.5. The van der Waals surface area contributed by atoms with Crippen LogP contribution in [0.1, 0.15) is 31.9 Å². The molecule has 0 bridgehead atoms. The first-order valence-corrected chi connectivity index (χ1v) is 13.2. The molecule has 1 N–H and O–H groups in total. The minimum atomic E-state index is -3.83. The number of benzene rings is 2. The van der Waals surface area contributed by atoms with Gasteiger partial charge in [0.15, 0.2) is 9.84 Å². The van der Waals surface area contributed by atoms with Gasteiger partial charge in [-0.25, -0.2) is 21.6 Å². The molecule has 10 heteroatoms. The van der Waals surface area contributed by atoms with Gasteiger partial charge in [0.1, 0.15) is 0 Å². The van der Waals surface area contributed by atoms with E-state index in [0.717, 1.165) is 29.5 Å². The van der Waals surface area contributed by atoms with Crippen molar-refractivity contribution in [3.8, 4) is 0 Å². The number of aryl methyl sites for hydroxylation is 1. The van der Waals surface area contributed by atoms with Crippen LogP contribution in [-0.4, -0.2) is 27.7 Å². The Labute approximate surface area is 174 Å². The van der Waals surface area contributed by atoms with Crippen molar-refractivity contribution in [3.05, 3.63) is 57.7 Å². The molecule has 3 rings (SSSR count). The van der Waals surface area contributed by atoms with E-state index >= 15 is 0 Å². The lowest BCUT2D eigenvalue weighted by atomic mass is 10.1. The number of nitrogens with zero attached hydrogens (tertiary/aromatic N) is 1. The van der Waals surface area contributed by atoms with Gasteiger partial charge >= 0.3 is 4.87 Å². The summed E-state index contributed by atoms with van der Waals surface area (Å²) >= 11 is 1.03. The lowest BCUT2D eigenvalue weighted by Crippen LogP contribution is -2.26. The monoisotopic (exact) mass is 454 g/mol. The fourth-order valence-electron chi connectivity index (χ4n) is 3.02. The smallest absolute Gasteiger partial charge is 0.299 e. The Morgan fingerprint density at radius 2 is 1.66 bits per heavy atom. The second-order valence-corrected chi connectivity index (χ2v) is 11.6. The van der Waals surface area contributed by atoms with Crippen LogP contribution in [0.2, 0.25) is 0 Å². The average Bonchev–Trinajstić information content (AvgIpc) is 2.96. The third-order valence-electron chi connectivity index (χ3n) is 4.54. The quantitative estimate of drug-likeness (QED) is 0.591. The molecule has 1 heterocycles. The number of thiazole rings is 1. The summed E-state index contributed by atoms with van der Waals surface area (Å²) in [4.78, 5) is 12.3. The molecule has 1 unspecified atom stereocenters. The number of aromatic nitrogens is 1. The summed E-state index contributed by atoms with van der Waals surface area (Å²) < 4.78 is 53.6. The van der Waals surface area contributed by atoms with Gasteiger partial charge in [-0.3, -0.25) is 9.36 Å². The van der Waals surface area contributed by atoms with Crippen molar-refractivity contribution in [2.75, 3.05) is 6.26 Å². The summed E-state index contributed by atoms with van der Waals surface area (Å²) in [6.45, 7) is 4.24. The normalized spacial score (nSPS) is 13.6. The average molecular weight is 455 g/mol. The fourth-order valence-corrected chi connectivity index (χ4v) is 5.94. The van der Waals surface area contributed by atoms with Crippen LogP contribution in [0.4, 0.5) is 0 Å². The highest BCUT2D eigenvalue weighted by molar-refractivity contribution is 7.90. The number of sulfonamides is 1. The molecule has 1 atom stereocenters. The number of fused-ring (bicyclic) bond motifs is 1. The number of rotatable bonds is 7. The van der Waals surface area contributed by atoms with Gasteiger partial charge in [-0.2, -0.15) is 0 Å². The highest BCUT2D eigenvalue weighted by atomic mass is 32.2. The highest BCUT2D eigenvalue weighted by Crippen LogP contribution is 2.24. The highest BCUT2D eigenvalue weighted by Gasteiger charge is 2.20. The van der Waals surface area contributed by atoms with E-state index in [9.17, 15) is 21.6 Å². The van der Waals surface area contributed by atoms with Gasteiger partial charge in [-0.15, -0.1) is 0 Å². The molecular weight excluding hydrogens is 432 g/mol. The summed E-state index contributed by atoms with van der Waals surface area (Å²) in [7, 11) is -7.14. The maximum atomic E-state index is 12.8. The molecule has 0 aliphatic carbocycles. The third kappa shape index (κ3) is 4.61. The molecule has 2 aromatic carbocycles. The summed E-state index contributed by atoms with van der Waals surface area (Å²) in [6.07, 6.45) is 1.93. The van der Waals surface area contributed by atoms with Crippen molar-refractivity contribution >= 4 is 41.4 Å². The van der Waals surface area contributed by atoms with E-state index in [1.54, 1.807) is 29.7 Å². The topological polar surface area (TPSA) is 102 Å². The molecule has 0 saturated heterocycles. The Hall–Kier alpha value is -2.01. The Morgan fingerprint density at radius 1 is 1.03 bits per heavy atom. The maximum Gasteiger partial charge on any atom is 0.308 e. The largest absolute Gasteiger partial charge is 0.308 e. The van der Waals surface area contributed by atoms with Gasteiger partial charge in [-0.1, -0.05) is 30.4 Å². The molecule has 156 valence electrons. The SMILES string of the molecule is CCCn1c(=O)sc2cc(S(=O)(=O)NC(C)c3ccc(S(C)(=O)=O)cc3)ccc21. The predicted octanol–water partition coefficient (Wildman–Crippen LogP) is 2.92. The van der Waals surface area contributed by atoms with Crippen LogP contribution < -0.4 is 9.60 Å². The van der Waals surface area contributed by atoms with Crippen LogP contribution >= 0.6 is 11.3 Å². The van der Waals surface area contributed by atoms with E-state index in [0.29, 0.717) is 16.8 Å². The minimum Gasteiger partial charge on any atom is -0.299 e. The van der Waals surface area contributed by atoms with Crippen molar-refractivity contribution in [1.29, 1.82) is 0 Å². The van der Waals surface area contributed by atoms with Gasteiger partial charge in [0.2, 0.25) is 10.0 Å². The van der Waals surface area contributed by atoms with E-state index in [4.69, 9.17) is 0 Å². The standard InChI is InChI=1S/C19H22N2O5S3/c1-4-11-21-17-10-9-16(12-18(17)27-19(21)22)29(25,26)20-13(2)14-5-7-15(8-6-14)28(3,23)24/h5-10,12-13,20H,4,11H2,1-3H3. The Bertz CT molecular complexity index is 1300. The maximum absolute atomic E-state index is 12.8. The van der Waals surface area contributed by atoms with Crippen LogP contribution in [0, 0.1) is 0 Å². The number of hydrogen-bond acceptors (Lipinski definition) is 6. The summed E-state index contributed by atoms with van der Waals surface area (Å²) in [6, 6.07) is 10.2. The Kier molecular flexibility index (Phi) is 6.00. The van der Waals surface area contributed by atoms with Gasteiger partial charge in [0.05, 0.1) is 20.0 Å². The van der Waals surface area contributed by atoms with E-state index in [-0.39, 0.29) is 14.7 Å². The third-order valence-corrected chi connectivity index (χ3v) is 8.15. The van der Waals surface area contributed by atoms with Crippen LogP contribution in [-0.2, 0) is 26.4 Å². The molecule has 0 radical (unpaired) electrons. The fraction of sp³-hybridized carbons (Fsp3) is 0.316. The van der Waals surface area contributed by atoms with E-state index in [2.05, 4.69) is 4.72 Å². The van der Waals surface area contributed by atoms with E-state index < -0.39 is 25.9 Å². The zero-order chi connectivity index (χ0) is 21.4.